The molecule has 1 aliphatic heterocycles. The molecule has 0 radical (unpaired) electrons. The van der Waals surface area contributed by atoms with Crippen LogP contribution in [0.5, 0.6) is 0 Å². The van der Waals surface area contributed by atoms with E-state index in [1.54, 1.807) is 6.08 Å². The molecule has 0 aliphatic carbocycles. The fourth-order valence-electron chi connectivity index (χ4n) is 1.81. The third-order valence-electron chi connectivity index (χ3n) is 2.73. The number of nitrogens with zero attached hydrogens (tertiary/aromatic N) is 1. The zero-order chi connectivity index (χ0) is 12.0. The van der Waals surface area contributed by atoms with Crippen LogP contribution in [0, 0.1) is 5.92 Å². The van der Waals surface area contributed by atoms with E-state index < -0.39 is 6.09 Å². The van der Waals surface area contributed by atoms with E-state index in [2.05, 4.69) is 13.5 Å². The van der Waals surface area contributed by atoms with E-state index in [0.29, 0.717) is 19.6 Å². The van der Waals surface area contributed by atoms with Crippen molar-refractivity contribution in [1.29, 1.82) is 0 Å². The second-order valence-electron chi connectivity index (χ2n) is 3.97. The SMILES string of the molecule is C=CCC(CCCC)C(=O)N1CCOC1=O. The first-order chi connectivity index (χ1) is 7.70. The maximum atomic E-state index is 12.0. The minimum absolute atomic E-state index is 0.115. The number of imide groups is 1. The van der Waals surface area contributed by atoms with Gasteiger partial charge in [-0.05, 0) is 12.8 Å². The fraction of sp³-hybridized carbons (Fsp3) is 0.667. The zero-order valence-electron chi connectivity index (χ0n) is 9.78. The molecule has 90 valence electrons. The molecule has 0 bridgehead atoms. The molecule has 0 spiro atoms. The molecule has 1 saturated heterocycles. The van der Waals surface area contributed by atoms with Crippen LogP contribution in [0.4, 0.5) is 4.79 Å². The summed E-state index contributed by atoms with van der Waals surface area (Å²) in [7, 11) is 0. The number of amides is 2. The number of hydrogen-bond acceptors (Lipinski definition) is 3. The lowest BCUT2D eigenvalue weighted by molar-refractivity contribution is -0.132. The van der Waals surface area contributed by atoms with Crippen LogP contribution in [-0.4, -0.2) is 30.1 Å². The fourth-order valence-corrected chi connectivity index (χ4v) is 1.81. The number of cyclic esters (lactones) is 1. The van der Waals surface area contributed by atoms with Gasteiger partial charge in [0.15, 0.2) is 0 Å². The summed E-state index contributed by atoms with van der Waals surface area (Å²) in [6.07, 6.45) is 4.71. The average molecular weight is 225 g/mol. The monoisotopic (exact) mass is 225 g/mol. The van der Waals surface area contributed by atoms with Crippen LogP contribution < -0.4 is 0 Å². The Bertz CT molecular complexity index is 275. The third kappa shape index (κ3) is 3.08. The Balaban J connectivity index is 2.58. The van der Waals surface area contributed by atoms with Crippen LogP contribution in [0.2, 0.25) is 0 Å². The maximum Gasteiger partial charge on any atom is 0.416 e. The number of hydrogen-bond donors (Lipinski definition) is 0. The van der Waals surface area contributed by atoms with Gasteiger partial charge >= 0.3 is 6.09 Å². The van der Waals surface area contributed by atoms with Crippen LogP contribution >= 0.6 is 0 Å². The molecule has 1 unspecified atom stereocenters. The molecular formula is C12H19NO3. The quantitative estimate of drug-likeness (QED) is 0.652. The predicted molar refractivity (Wildman–Crippen MR) is 60.9 cm³/mol. The second-order valence-corrected chi connectivity index (χ2v) is 3.97. The number of carbonyl (C=O) groups is 2. The molecule has 1 atom stereocenters. The van der Waals surface area contributed by atoms with Gasteiger partial charge in [0.2, 0.25) is 5.91 Å². The van der Waals surface area contributed by atoms with E-state index >= 15 is 0 Å². The lowest BCUT2D eigenvalue weighted by Gasteiger charge is -2.18. The highest BCUT2D eigenvalue weighted by molar-refractivity contribution is 5.94. The minimum Gasteiger partial charge on any atom is -0.447 e. The molecule has 2 amide bonds. The topological polar surface area (TPSA) is 46.6 Å². The van der Waals surface area contributed by atoms with Crippen molar-refractivity contribution in [2.24, 2.45) is 5.92 Å². The molecule has 1 fully saturated rings. The molecule has 0 saturated carbocycles. The van der Waals surface area contributed by atoms with Crippen molar-refractivity contribution in [2.75, 3.05) is 13.2 Å². The Labute approximate surface area is 96.3 Å². The summed E-state index contributed by atoms with van der Waals surface area (Å²) in [4.78, 5) is 24.5. The second kappa shape index (κ2) is 6.30. The largest absolute Gasteiger partial charge is 0.447 e. The van der Waals surface area contributed by atoms with E-state index in [-0.39, 0.29) is 11.8 Å². The first-order valence-electron chi connectivity index (χ1n) is 5.79. The third-order valence-corrected chi connectivity index (χ3v) is 2.73. The average Bonchev–Trinajstić information content (AvgIpc) is 2.69. The summed E-state index contributed by atoms with van der Waals surface area (Å²) in [6, 6.07) is 0. The van der Waals surface area contributed by atoms with E-state index in [4.69, 9.17) is 4.74 Å². The first kappa shape index (κ1) is 12.7. The summed E-state index contributed by atoms with van der Waals surface area (Å²) >= 11 is 0. The summed E-state index contributed by atoms with van der Waals surface area (Å²) in [6.45, 7) is 6.44. The van der Waals surface area contributed by atoms with Gasteiger partial charge in [-0.2, -0.15) is 0 Å². The van der Waals surface area contributed by atoms with Gasteiger partial charge in [0.1, 0.15) is 6.61 Å². The number of rotatable bonds is 6. The van der Waals surface area contributed by atoms with Gasteiger partial charge in [-0.25, -0.2) is 9.69 Å². The van der Waals surface area contributed by atoms with E-state index in [1.165, 1.54) is 4.90 Å². The molecule has 4 nitrogen and oxygen atoms in total. The molecule has 16 heavy (non-hydrogen) atoms. The molecule has 1 heterocycles. The number of unbranched alkanes of at least 4 members (excludes halogenated alkanes) is 1. The van der Waals surface area contributed by atoms with Gasteiger partial charge in [0, 0.05) is 5.92 Å². The van der Waals surface area contributed by atoms with Crippen molar-refractivity contribution < 1.29 is 14.3 Å². The van der Waals surface area contributed by atoms with Gasteiger partial charge in [0.25, 0.3) is 0 Å². The highest BCUT2D eigenvalue weighted by Crippen LogP contribution is 2.18. The highest BCUT2D eigenvalue weighted by Gasteiger charge is 2.32. The highest BCUT2D eigenvalue weighted by atomic mass is 16.6. The summed E-state index contributed by atoms with van der Waals surface area (Å²) in [5, 5.41) is 0. The van der Waals surface area contributed by atoms with E-state index in [9.17, 15) is 9.59 Å². The van der Waals surface area contributed by atoms with Crippen molar-refractivity contribution in [3.8, 4) is 0 Å². The van der Waals surface area contributed by atoms with Crippen molar-refractivity contribution in [1.82, 2.24) is 4.90 Å². The molecule has 0 N–H and O–H groups in total. The molecular weight excluding hydrogens is 206 g/mol. The van der Waals surface area contributed by atoms with Crippen LogP contribution in [0.3, 0.4) is 0 Å². The Morgan fingerprint density at radius 2 is 2.44 bits per heavy atom. The van der Waals surface area contributed by atoms with Gasteiger partial charge in [-0.15, -0.1) is 6.58 Å². The van der Waals surface area contributed by atoms with Crippen LogP contribution in [-0.2, 0) is 9.53 Å². The molecule has 0 aromatic heterocycles. The van der Waals surface area contributed by atoms with Crippen molar-refractivity contribution in [3.63, 3.8) is 0 Å². The minimum atomic E-state index is -0.504. The summed E-state index contributed by atoms with van der Waals surface area (Å²) in [5.41, 5.74) is 0. The Kier molecular flexibility index (Phi) is 5.02. The lowest BCUT2D eigenvalue weighted by Crippen LogP contribution is -2.36. The Morgan fingerprint density at radius 1 is 1.69 bits per heavy atom. The number of allylic oxidation sites excluding steroid dienone is 1. The lowest BCUT2D eigenvalue weighted by atomic mass is 9.97. The number of carbonyl (C=O) groups excluding carboxylic acids is 2. The molecule has 0 aromatic carbocycles. The van der Waals surface area contributed by atoms with Crippen molar-refractivity contribution in [2.45, 2.75) is 32.6 Å². The zero-order valence-corrected chi connectivity index (χ0v) is 9.78. The van der Waals surface area contributed by atoms with Gasteiger partial charge in [-0.3, -0.25) is 4.79 Å². The van der Waals surface area contributed by atoms with E-state index in [1.807, 2.05) is 0 Å². The van der Waals surface area contributed by atoms with Crippen molar-refractivity contribution >= 4 is 12.0 Å². The van der Waals surface area contributed by atoms with Crippen LogP contribution in [0.25, 0.3) is 0 Å². The molecule has 1 aliphatic rings. The van der Waals surface area contributed by atoms with Crippen molar-refractivity contribution in [3.05, 3.63) is 12.7 Å². The summed E-state index contributed by atoms with van der Waals surface area (Å²) < 4.78 is 4.76. The summed E-state index contributed by atoms with van der Waals surface area (Å²) in [5.74, 6) is -0.237. The van der Waals surface area contributed by atoms with E-state index in [0.717, 1.165) is 19.3 Å². The van der Waals surface area contributed by atoms with Gasteiger partial charge in [-0.1, -0.05) is 25.8 Å². The molecule has 1 rings (SSSR count). The maximum absolute atomic E-state index is 12.0. The van der Waals surface area contributed by atoms with Gasteiger partial charge in [0.05, 0.1) is 6.54 Å². The number of ether oxygens (including phenoxy) is 1. The molecule has 0 aromatic rings. The smallest absolute Gasteiger partial charge is 0.416 e. The normalized spacial score (nSPS) is 17.1. The Hall–Kier alpha value is -1.32. The predicted octanol–water partition coefficient (Wildman–Crippen LogP) is 2.35. The standard InChI is InChI=1S/C12H19NO3/c1-3-5-7-10(6-4-2)11(14)13-8-9-16-12(13)15/h4,10H,2-3,5-9H2,1H3. The first-order valence-corrected chi connectivity index (χ1v) is 5.79. The van der Waals surface area contributed by atoms with Crippen LogP contribution in [0.1, 0.15) is 32.6 Å². The molecule has 4 heteroatoms. The van der Waals surface area contributed by atoms with Gasteiger partial charge < -0.3 is 4.74 Å². The Morgan fingerprint density at radius 3 is 2.94 bits per heavy atom. The van der Waals surface area contributed by atoms with Crippen LogP contribution in [0.15, 0.2) is 12.7 Å².